The molecule has 5 rings (SSSR count). The molecule has 0 aromatic carbocycles. The molecule has 0 aliphatic heterocycles. The van der Waals surface area contributed by atoms with Crippen LogP contribution in [0.15, 0.2) is 43.1 Å². The highest BCUT2D eigenvalue weighted by Crippen LogP contribution is 2.37. The molecule has 2 unspecified atom stereocenters. The summed E-state index contributed by atoms with van der Waals surface area (Å²) in [6.45, 7) is 2.72. The molecule has 4 heterocycles. The van der Waals surface area contributed by atoms with Gasteiger partial charge in [-0.2, -0.15) is 0 Å². The zero-order valence-electron chi connectivity index (χ0n) is 15.2. The van der Waals surface area contributed by atoms with Gasteiger partial charge in [-0.3, -0.25) is 0 Å². The molecule has 7 heteroatoms. The molecule has 1 fully saturated rings. The second-order valence-corrected chi connectivity index (χ2v) is 7.37. The summed E-state index contributed by atoms with van der Waals surface area (Å²) in [5.74, 6) is 1.95. The van der Waals surface area contributed by atoms with Gasteiger partial charge in [0, 0.05) is 30.7 Å². The monoisotopic (exact) mass is 362 g/mol. The first-order chi connectivity index (χ1) is 13.2. The summed E-state index contributed by atoms with van der Waals surface area (Å²) < 4.78 is 10.3. The van der Waals surface area contributed by atoms with E-state index >= 15 is 0 Å². The van der Waals surface area contributed by atoms with Crippen LogP contribution in [0.25, 0.3) is 16.7 Å². The third-order valence-corrected chi connectivity index (χ3v) is 5.48. The van der Waals surface area contributed by atoms with Crippen molar-refractivity contribution in [2.45, 2.75) is 32.2 Å². The van der Waals surface area contributed by atoms with E-state index in [1.165, 1.54) is 6.33 Å². The predicted octanol–water partition coefficient (Wildman–Crippen LogP) is 3.39. The third-order valence-electron chi connectivity index (χ3n) is 5.48. The van der Waals surface area contributed by atoms with Crippen LogP contribution >= 0.6 is 0 Å². The van der Waals surface area contributed by atoms with Crippen LogP contribution in [0.2, 0.25) is 0 Å². The van der Waals surface area contributed by atoms with Crippen molar-refractivity contribution >= 4 is 22.5 Å². The summed E-state index contributed by atoms with van der Waals surface area (Å²) in [5.41, 5.74) is 8.81. The van der Waals surface area contributed by atoms with E-state index in [0.717, 1.165) is 54.0 Å². The summed E-state index contributed by atoms with van der Waals surface area (Å²) in [4.78, 5) is 13.0. The summed E-state index contributed by atoms with van der Waals surface area (Å²) in [6, 6.07) is 6.44. The van der Waals surface area contributed by atoms with Gasteiger partial charge in [-0.25, -0.2) is 15.0 Å². The maximum absolute atomic E-state index is 6.07. The van der Waals surface area contributed by atoms with Crippen LogP contribution in [0.3, 0.4) is 0 Å². The van der Waals surface area contributed by atoms with E-state index in [1.807, 2.05) is 41.9 Å². The number of nitrogens with zero attached hydrogens (tertiary/aromatic N) is 5. The Labute approximate surface area is 156 Å². The largest absolute Gasteiger partial charge is 0.493 e. The molecule has 138 valence electrons. The van der Waals surface area contributed by atoms with Gasteiger partial charge < -0.3 is 19.4 Å². The lowest BCUT2D eigenvalue weighted by atomic mass is 10.1. The van der Waals surface area contributed by atoms with Crippen molar-refractivity contribution in [1.29, 1.82) is 0 Å². The van der Waals surface area contributed by atoms with Crippen molar-refractivity contribution in [2.75, 3.05) is 12.3 Å². The quantitative estimate of drug-likeness (QED) is 0.602. The van der Waals surface area contributed by atoms with Crippen LogP contribution in [0.5, 0.6) is 5.75 Å². The molecular weight excluding hydrogens is 340 g/mol. The van der Waals surface area contributed by atoms with Crippen LogP contribution in [0, 0.1) is 12.8 Å². The van der Waals surface area contributed by atoms with Gasteiger partial charge >= 0.3 is 0 Å². The fourth-order valence-electron chi connectivity index (χ4n) is 4.13. The van der Waals surface area contributed by atoms with E-state index in [4.69, 9.17) is 10.5 Å². The van der Waals surface area contributed by atoms with E-state index in [2.05, 4.69) is 25.7 Å². The number of nitrogens with two attached hydrogens (primary N) is 1. The molecule has 7 nitrogen and oxygen atoms in total. The highest BCUT2D eigenvalue weighted by Gasteiger charge is 2.27. The third kappa shape index (κ3) is 2.89. The number of aromatic nitrogens is 5. The number of hydrogen-bond donors (Lipinski definition) is 1. The molecule has 0 radical (unpaired) electrons. The van der Waals surface area contributed by atoms with Crippen molar-refractivity contribution in [2.24, 2.45) is 5.92 Å². The first kappa shape index (κ1) is 16.1. The van der Waals surface area contributed by atoms with Gasteiger partial charge in [0.1, 0.15) is 29.2 Å². The summed E-state index contributed by atoms with van der Waals surface area (Å²) in [6.07, 6.45) is 11.0. The van der Waals surface area contributed by atoms with Gasteiger partial charge in [0.25, 0.3) is 0 Å². The van der Waals surface area contributed by atoms with Crippen LogP contribution in [-0.4, -0.2) is 30.5 Å². The molecule has 4 aromatic heterocycles. The van der Waals surface area contributed by atoms with Crippen LogP contribution in [0.4, 0.5) is 5.82 Å². The molecule has 4 aromatic rings. The first-order valence-electron chi connectivity index (χ1n) is 9.32. The Morgan fingerprint density at radius 3 is 3.07 bits per heavy atom. The zero-order chi connectivity index (χ0) is 18.4. The van der Waals surface area contributed by atoms with Gasteiger partial charge in [-0.15, -0.1) is 0 Å². The Hall–Kier alpha value is -3.09. The lowest BCUT2D eigenvalue weighted by Crippen LogP contribution is -2.11. The summed E-state index contributed by atoms with van der Waals surface area (Å²) in [5, 5.41) is 0.931. The summed E-state index contributed by atoms with van der Waals surface area (Å²) >= 11 is 0. The Bertz CT molecular complexity index is 1110. The van der Waals surface area contributed by atoms with Gasteiger partial charge in [-0.1, -0.05) is 0 Å². The highest BCUT2D eigenvalue weighted by atomic mass is 16.5. The standard InChI is InChI=1S/C20H22N6O/c1-13-10-25-6-4-16(9-18(25)24-13)27-11-14-2-3-15(8-14)26-7-5-17-19(21)22-12-23-20(17)26/h4-7,9-10,12,14-15H,2-3,8,11H2,1H3,(H2,21,22,23). The lowest BCUT2D eigenvalue weighted by Gasteiger charge is -2.15. The smallest absolute Gasteiger partial charge is 0.145 e. The van der Waals surface area contributed by atoms with Crippen LogP contribution < -0.4 is 10.5 Å². The number of nitrogen functional groups attached to an aromatic ring is 1. The van der Waals surface area contributed by atoms with E-state index in [9.17, 15) is 0 Å². The molecule has 0 bridgehead atoms. The number of rotatable bonds is 4. The van der Waals surface area contributed by atoms with E-state index in [0.29, 0.717) is 17.8 Å². The van der Waals surface area contributed by atoms with Crippen molar-refractivity contribution < 1.29 is 4.74 Å². The van der Waals surface area contributed by atoms with Crippen LogP contribution in [0.1, 0.15) is 31.0 Å². The van der Waals surface area contributed by atoms with Crippen molar-refractivity contribution in [1.82, 2.24) is 23.9 Å². The number of ether oxygens (including phenoxy) is 1. The molecule has 1 aliphatic rings. The van der Waals surface area contributed by atoms with E-state index < -0.39 is 0 Å². The fourth-order valence-corrected chi connectivity index (χ4v) is 4.13. The van der Waals surface area contributed by atoms with Crippen molar-refractivity contribution in [3.8, 4) is 5.75 Å². The number of aryl methyl sites for hydroxylation is 1. The normalized spacial score (nSPS) is 19.9. The number of imidazole rings is 1. The lowest BCUT2D eigenvalue weighted by molar-refractivity contribution is 0.248. The molecule has 1 aliphatic carbocycles. The van der Waals surface area contributed by atoms with E-state index in [1.54, 1.807) is 0 Å². The van der Waals surface area contributed by atoms with Gasteiger partial charge in [-0.05, 0) is 44.2 Å². The minimum Gasteiger partial charge on any atom is -0.493 e. The Morgan fingerprint density at radius 1 is 1.22 bits per heavy atom. The zero-order valence-corrected chi connectivity index (χ0v) is 15.2. The minimum absolute atomic E-state index is 0.433. The molecule has 2 N–H and O–H groups in total. The molecular formula is C20H22N6O. The molecule has 27 heavy (non-hydrogen) atoms. The molecule has 1 saturated carbocycles. The number of fused-ring (bicyclic) bond motifs is 2. The maximum Gasteiger partial charge on any atom is 0.145 e. The Kier molecular flexibility index (Phi) is 3.74. The molecule has 0 amide bonds. The topological polar surface area (TPSA) is 83.3 Å². The Balaban J connectivity index is 1.27. The molecule has 0 saturated heterocycles. The second kappa shape index (κ2) is 6.26. The average Bonchev–Trinajstić information content (AvgIpc) is 3.36. The summed E-state index contributed by atoms with van der Waals surface area (Å²) in [7, 11) is 0. The highest BCUT2D eigenvalue weighted by molar-refractivity contribution is 5.86. The number of anilines is 1. The predicted molar refractivity (Wildman–Crippen MR) is 104 cm³/mol. The number of hydrogen-bond acceptors (Lipinski definition) is 5. The van der Waals surface area contributed by atoms with Crippen molar-refractivity contribution in [3.63, 3.8) is 0 Å². The van der Waals surface area contributed by atoms with Gasteiger partial charge in [0.15, 0.2) is 0 Å². The first-order valence-corrected chi connectivity index (χ1v) is 9.32. The fraction of sp³-hybridized carbons (Fsp3) is 0.350. The van der Waals surface area contributed by atoms with Gasteiger partial charge in [0.05, 0.1) is 17.7 Å². The number of pyridine rings is 1. The minimum atomic E-state index is 0.433. The van der Waals surface area contributed by atoms with Crippen molar-refractivity contribution in [3.05, 3.63) is 48.8 Å². The molecule has 2 atom stereocenters. The van der Waals surface area contributed by atoms with Gasteiger partial charge in [0.2, 0.25) is 0 Å². The maximum atomic E-state index is 6.07. The SMILES string of the molecule is Cc1cn2ccc(OCC3CCC(n4ccc5c(N)ncnc54)C3)cc2n1. The average molecular weight is 362 g/mol. The molecule has 0 spiro atoms. The second-order valence-electron chi connectivity index (χ2n) is 7.37. The van der Waals surface area contributed by atoms with Crippen LogP contribution in [-0.2, 0) is 0 Å². The Morgan fingerprint density at radius 2 is 2.15 bits per heavy atom. The van der Waals surface area contributed by atoms with E-state index in [-0.39, 0.29) is 0 Å².